The maximum absolute atomic E-state index is 13.5. The van der Waals surface area contributed by atoms with Gasteiger partial charge in [-0.25, -0.2) is 4.39 Å². The van der Waals surface area contributed by atoms with Gasteiger partial charge in [-0.05, 0) is 42.0 Å². The first kappa shape index (κ1) is 21.0. The largest absolute Gasteiger partial charge is 0.503 e. The third kappa shape index (κ3) is 4.60. The fourth-order valence-electron chi connectivity index (χ4n) is 3.84. The Labute approximate surface area is 179 Å². The van der Waals surface area contributed by atoms with Crippen molar-refractivity contribution < 1.29 is 28.2 Å². The highest BCUT2D eigenvalue weighted by Gasteiger charge is 2.42. The molecule has 0 bridgehead atoms. The summed E-state index contributed by atoms with van der Waals surface area (Å²) in [5, 5.41) is 10.6. The zero-order valence-electron chi connectivity index (χ0n) is 16.9. The summed E-state index contributed by atoms with van der Waals surface area (Å²) in [4.78, 5) is 29.5. The SMILES string of the molecule is O=C(/C=C/c1ccco1)C1=C(O)C(=O)N(CCN2CCOCC2)C1c1ccc(F)cc1. The molecule has 2 aliphatic heterocycles. The van der Waals surface area contributed by atoms with Crippen LogP contribution >= 0.6 is 0 Å². The third-order valence-electron chi connectivity index (χ3n) is 5.46. The van der Waals surface area contributed by atoms with Gasteiger partial charge < -0.3 is 19.2 Å². The summed E-state index contributed by atoms with van der Waals surface area (Å²) in [6.45, 7) is 3.63. The van der Waals surface area contributed by atoms with Crippen LogP contribution in [0.1, 0.15) is 17.4 Å². The van der Waals surface area contributed by atoms with Gasteiger partial charge in [0.05, 0.1) is 31.1 Å². The first-order valence-electron chi connectivity index (χ1n) is 10.1. The molecule has 1 unspecified atom stereocenters. The molecule has 2 aliphatic rings. The molecule has 162 valence electrons. The maximum Gasteiger partial charge on any atom is 0.290 e. The van der Waals surface area contributed by atoms with Crippen molar-refractivity contribution in [2.45, 2.75) is 6.04 Å². The molecule has 7 nitrogen and oxygen atoms in total. The predicted molar refractivity (Wildman–Crippen MR) is 111 cm³/mol. The highest BCUT2D eigenvalue weighted by molar-refractivity contribution is 6.14. The van der Waals surface area contributed by atoms with Crippen LogP contribution in [0.4, 0.5) is 4.39 Å². The van der Waals surface area contributed by atoms with E-state index in [1.807, 2.05) is 0 Å². The Bertz CT molecular complexity index is 991. The summed E-state index contributed by atoms with van der Waals surface area (Å²) in [7, 11) is 0. The normalized spacial score (nSPS) is 20.2. The van der Waals surface area contributed by atoms with Gasteiger partial charge in [0.2, 0.25) is 0 Å². The van der Waals surface area contributed by atoms with Gasteiger partial charge >= 0.3 is 0 Å². The van der Waals surface area contributed by atoms with Gasteiger partial charge in [-0.2, -0.15) is 0 Å². The minimum absolute atomic E-state index is 0.0265. The number of hydrogen-bond acceptors (Lipinski definition) is 6. The molecule has 0 spiro atoms. The minimum Gasteiger partial charge on any atom is -0.503 e. The van der Waals surface area contributed by atoms with E-state index in [4.69, 9.17) is 9.15 Å². The molecule has 4 rings (SSSR count). The van der Waals surface area contributed by atoms with Crippen molar-refractivity contribution in [1.29, 1.82) is 0 Å². The molecule has 0 saturated carbocycles. The summed E-state index contributed by atoms with van der Waals surface area (Å²) >= 11 is 0. The first-order valence-corrected chi connectivity index (χ1v) is 10.1. The number of morpholine rings is 1. The Morgan fingerprint density at radius 2 is 1.90 bits per heavy atom. The van der Waals surface area contributed by atoms with Crippen LogP contribution in [0.15, 0.2) is 64.5 Å². The molecular formula is C23H23FN2O5. The van der Waals surface area contributed by atoms with Crippen molar-refractivity contribution in [3.8, 4) is 0 Å². The maximum atomic E-state index is 13.5. The van der Waals surface area contributed by atoms with Gasteiger partial charge in [0.25, 0.3) is 5.91 Å². The van der Waals surface area contributed by atoms with Crippen molar-refractivity contribution >= 4 is 17.8 Å². The quantitative estimate of drug-likeness (QED) is 0.686. The van der Waals surface area contributed by atoms with Crippen LogP contribution in [-0.4, -0.2) is 66.0 Å². The summed E-state index contributed by atoms with van der Waals surface area (Å²) in [6, 6.07) is 8.17. The lowest BCUT2D eigenvalue weighted by Gasteiger charge is -2.31. The lowest BCUT2D eigenvalue weighted by atomic mass is 9.95. The molecule has 3 heterocycles. The van der Waals surface area contributed by atoms with E-state index in [1.54, 1.807) is 12.1 Å². The van der Waals surface area contributed by atoms with E-state index in [0.717, 1.165) is 13.1 Å². The van der Waals surface area contributed by atoms with Gasteiger partial charge in [-0.3, -0.25) is 14.5 Å². The zero-order chi connectivity index (χ0) is 21.8. The van der Waals surface area contributed by atoms with Gasteiger partial charge in [0.1, 0.15) is 11.6 Å². The van der Waals surface area contributed by atoms with E-state index in [-0.39, 0.29) is 5.57 Å². The zero-order valence-corrected chi connectivity index (χ0v) is 16.9. The summed E-state index contributed by atoms with van der Waals surface area (Å²) in [6.07, 6.45) is 4.22. The summed E-state index contributed by atoms with van der Waals surface area (Å²) < 4.78 is 24.0. The van der Waals surface area contributed by atoms with E-state index in [0.29, 0.717) is 37.6 Å². The molecule has 0 radical (unpaired) electrons. The molecule has 1 atom stereocenters. The molecule has 1 fully saturated rings. The smallest absolute Gasteiger partial charge is 0.290 e. The van der Waals surface area contributed by atoms with Crippen molar-refractivity contribution in [2.24, 2.45) is 0 Å². The van der Waals surface area contributed by atoms with Crippen molar-refractivity contribution in [3.63, 3.8) is 0 Å². The number of furan rings is 1. The average molecular weight is 426 g/mol. The van der Waals surface area contributed by atoms with Gasteiger partial charge in [0, 0.05) is 26.2 Å². The van der Waals surface area contributed by atoms with Crippen molar-refractivity contribution in [2.75, 3.05) is 39.4 Å². The molecule has 1 saturated heterocycles. The fraction of sp³-hybridized carbons (Fsp3) is 0.304. The Balaban J connectivity index is 1.61. The number of halogens is 1. The first-order chi connectivity index (χ1) is 15.0. The van der Waals surface area contributed by atoms with Gasteiger partial charge in [-0.1, -0.05) is 12.1 Å². The number of ketones is 1. The molecule has 1 amide bonds. The number of ether oxygens (including phenoxy) is 1. The second-order valence-corrected chi connectivity index (χ2v) is 7.38. The fourth-order valence-corrected chi connectivity index (χ4v) is 3.84. The van der Waals surface area contributed by atoms with Crippen LogP contribution in [0.2, 0.25) is 0 Å². The van der Waals surface area contributed by atoms with E-state index < -0.39 is 29.3 Å². The second-order valence-electron chi connectivity index (χ2n) is 7.38. The standard InChI is InChI=1S/C23H23FN2O5/c24-17-5-3-16(4-6-17)21-20(19(27)8-7-18-2-1-13-31-18)22(28)23(29)26(21)10-9-25-11-14-30-15-12-25/h1-8,13,21,28H,9-12,14-15H2/b8-7+. The molecule has 1 aromatic heterocycles. The van der Waals surface area contributed by atoms with Gasteiger partial charge in [0.15, 0.2) is 11.5 Å². The van der Waals surface area contributed by atoms with Crippen LogP contribution in [0.25, 0.3) is 6.08 Å². The van der Waals surface area contributed by atoms with E-state index in [9.17, 15) is 19.1 Å². The Kier molecular flexibility index (Phi) is 6.29. The number of carbonyl (C=O) groups excluding carboxylic acids is 2. The topological polar surface area (TPSA) is 83.2 Å². The number of amides is 1. The Morgan fingerprint density at radius 1 is 1.16 bits per heavy atom. The van der Waals surface area contributed by atoms with Crippen LogP contribution < -0.4 is 0 Å². The molecule has 8 heteroatoms. The summed E-state index contributed by atoms with van der Waals surface area (Å²) in [5.41, 5.74) is 0.525. The van der Waals surface area contributed by atoms with Crippen LogP contribution in [0, 0.1) is 5.82 Å². The van der Waals surface area contributed by atoms with E-state index >= 15 is 0 Å². The number of allylic oxidation sites excluding steroid dienone is 1. The van der Waals surface area contributed by atoms with Crippen LogP contribution in [-0.2, 0) is 14.3 Å². The molecule has 0 aliphatic carbocycles. The predicted octanol–water partition coefficient (Wildman–Crippen LogP) is 2.73. The lowest BCUT2D eigenvalue weighted by molar-refractivity contribution is -0.129. The van der Waals surface area contributed by atoms with E-state index in [2.05, 4.69) is 4.90 Å². The molecule has 1 aromatic carbocycles. The lowest BCUT2D eigenvalue weighted by Crippen LogP contribution is -2.43. The monoisotopic (exact) mass is 426 g/mol. The number of aliphatic hydroxyl groups excluding tert-OH is 1. The second kappa shape index (κ2) is 9.28. The highest BCUT2D eigenvalue weighted by atomic mass is 19.1. The molecule has 31 heavy (non-hydrogen) atoms. The number of nitrogens with zero attached hydrogens (tertiary/aromatic N) is 2. The number of aliphatic hydroxyl groups is 1. The Morgan fingerprint density at radius 3 is 2.58 bits per heavy atom. The molecule has 1 N–H and O–H groups in total. The molecule has 2 aromatic rings. The van der Waals surface area contributed by atoms with Crippen LogP contribution in [0.5, 0.6) is 0 Å². The highest BCUT2D eigenvalue weighted by Crippen LogP contribution is 2.38. The average Bonchev–Trinajstić information content (AvgIpc) is 3.39. The number of benzene rings is 1. The van der Waals surface area contributed by atoms with Crippen molar-refractivity contribution in [3.05, 3.63) is 77.2 Å². The number of carbonyl (C=O) groups is 2. The van der Waals surface area contributed by atoms with Crippen molar-refractivity contribution in [1.82, 2.24) is 9.80 Å². The molecular weight excluding hydrogens is 403 g/mol. The summed E-state index contributed by atoms with van der Waals surface area (Å²) in [5.74, 6) is -1.65. The number of rotatable bonds is 7. The number of hydrogen-bond donors (Lipinski definition) is 1. The van der Waals surface area contributed by atoms with Crippen LogP contribution in [0.3, 0.4) is 0 Å². The third-order valence-corrected chi connectivity index (χ3v) is 5.46. The Hall–Kier alpha value is -3.23. The van der Waals surface area contributed by atoms with Gasteiger partial charge in [-0.15, -0.1) is 0 Å². The van der Waals surface area contributed by atoms with E-state index in [1.165, 1.54) is 47.6 Å². The minimum atomic E-state index is -0.803.